The molecule has 0 radical (unpaired) electrons. The van der Waals surface area contributed by atoms with Gasteiger partial charge < -0.3 is 0 Å². The maximum atomic E-state index is 11.7. The van der Waals surface area contributed by atoms with Crippen molar-refractivity contribution in [3.05, 3.63) is 40.4 Å². The third-order valence-corrected chi connectivity index (χ3v) is 3.07. The van der Waals surface area contributed by atoms with Gasteiger partial charge in [0.05, 0.1) is 6.61 Å². The van der Waals surface area contributed by atoms with Crippen molar-refractivity contribution in [1.82, 2.24) is 5.06 Å². The molecule has 0 bridgehead atoms. The lowest BCUT2D eigenvalue weighted by Gasteiger charge is -2.24. The van der Waals surface area contributed by atoms with Gasteiger partial charge in [-0.05, 0) is 36.6 Å². The first-order valence-corrected chi connectivity index (χ1v) is 6.43. The molecule has 1 amide bonds. The highest BCUT2D eigenvalue weighted by Gasteiger charge is 2.14. The molecule has 0 aromatic heterocycles. The maximum Gasteiger partial charge on any atom is 0.270 e. The second-order valence-corrected chi connectivity index (χ2v) is 4.78. The quantitative estimate of drug-likeness (QED) is 0.785. The Labute approximate surface area is 109 Å². The largest absolute Gasteiger partial charge is 0.271 e. The number of halogens is 1. The number of hydrogen-bond acceptors (Lipinski definition) is 2. The van der Waals surface area contributed by atoms with Crippen LogP contribution in [-0.2, 0) is 9.63 Å². The van der Waals surface area contributed by atoms with Crippen LogP contribution in [-0.4, -0.2) is 24.1 Å². The standard InChI is InChI=1S/C13H14BrNO2/c14-12-6-3-11(4-7-12)5-8-13(16)15-9-1-2-10-17-15/h3-8H,1-2,9-10H2/b8-5+. The number of rotatable bonds is 2. The number of benzene rings is 1. The predicted molar refractivity (Wildman–Crippen MR) is 70.1 cm³/mol. The number of carbonyl (C=O) groups excluding carboxylic acids is 1. The molecule has 4 heteroatoms. The molecule has 90 valence electrons. The van der Waals surface area contributed by atoms with Crippen molar-refractivity contribution in [2.75, 3.05) is 13.2 Å². The predicted octanol–water partition coefficient (Wildman–Crippen LogP) is 3.02. The molecule has 1 fully saturated rings. The van der Waals surface area contributed by atoms with Crippen LogP contribution in [0.25, 0.3) is 6.08 Å². The summed E-state index contributed by atoms with van der Waals surface area (Å²) in [6.07, 6.45) is 5.39. The number of hydroxylamine groups is 2. The molecule has 0 aliphatic carbocycles. The smallest absolute Gasteiger partial charge is 0.270 e. The zero-order valence-corrected chi connectivity index (χ0v) is 11.0. The van der Waals surface area contributed by atoms with E-state index in [1.165, 1.54) is 5.06 Å². The van der Waals surface area contributed by atoms with Gasteiger partial charge in [-0.1, -0.05) is 28.1 Å². The van der Waals surface area contributed by atoms with Gasteiger partial charge in [0.1, 0.15) is 0 Å². The highest BCUT2D eigenvalue weighted by atomic mass is 79.9. The Morgan fingerprint density at radius 1 is 1.29 bits per heavy atom. The lowest BCUT2D eigenvalue weighted by Crippen LogP contribution is -2.34. The number of nitrogens with zero attached hydrogens (tertiary/aromatic N) is 1. The van der Waals surface area contributed by atoms with Crippen LogP contribution >= 0.6 is 15.9 Å². The van der Waals surface area contributed by atoms with Crippen LogP contribution in [0.3, 0.4) is 0 Å². The van der Waals surface area contributed by atoms with E-state index in [2.05, 4.69) is 15.9 Å². The zero-order valence-electron chi connectivity index (χ0n) is 9.43. The van der Waals surface area contributed by atoms with Crippen molar-refractivity contribution in [2.45, 2.75) is 12.8 Å². The number of carbonyl (C=O) groups is 1. The first-order chi connectivity index (χ1) is 8.25. The fourth-order valence-corrected chi connectivity index (χ4v) is 1.86. The van der Waals surface area contributed by atoms with E-state index in [1.807, 2.05) is 24.3 Å². The molecule has 0 N–H and O–H groups in total. The summed E-state index contributed by atoms with van der Waals surface area (Å²) in [4.78, 5) is 17.0. The van der Waals surface area contributed by atoms with E-state index in [1.54, 1.807) is 12.2 Å². The molecule has 3 nitrogen and oxygen atoms in total. The monoisotopic (exact) mass is 295 g/mol. The molecule has 2 rings (SSSR count). The minimum Gasteiger partial charge on any atom is -0.271 e. The molecule has 1 aromatic rings. The molecule has 1 aliphatic heterocycles. The number of hydrogen-bond donors (Lipinski definition) is 0. The van der Waals surface area contributed by atoms with Gasteiger partial charge in [-0.15, -0.1) is 0 Å². The summed E-state index contributed by atoms with van der Waals surface area (Å²) in [6.45, 7) is 1.32. The first kappa shape index (κ1) is 12.3. The molecule has 1 saturated heterocycles. The Balaban J connectivity index is 1.95. The third kappa shape index (κ3) is 3.68. The Morgan fingerprint density at radius 3 is 2.71 bits per heavy atom. The van der Waals surface area contributed by atoms with E-state index < -0.39 is 0 Å². The van der Waals surface area contributed by atoms with Crippen LogP contribution in [0.2, 0.25) is 0 Å². The van der Waals surface area contributed by atoms with Crippen LogP contribution < -0.4 is 0 Å². The highest BCUT2D eigenvalue weighted by Crippen LogP contribution is 2.12. The summed E-state index contributed by atoms with van der Waals surface area (Å²) >= 11 is 3.37. The minimum absolute atomic E-state index is 0.0902. The van der Waals surface area contributed by atoms with E-state index in [-0.39, 0.29) is 5.91 Å². The summed E-state index contributed by atoms with van der Waals surface area (Å²) in [6, 6.07) is 7.79. The Hall–Kier alpha value is -1.13. The lowest BCUT2D eigenvalue weighted by atomic mass is 10.2. The average molecular weight is 296 g/mol. The van der Waals surface area contributed by atoms with Gasteiger partial charge in [-0.2, -0.15) is 0 Å². The van der Waals surface area contributed by atoms with Crippen LogP contribution in [0.15, 0.2) is 34.8 Å². The Kier molecular flexibility index (Phi) is 4.34. The van der Waals surface area contributed by atoms with Crippen LogP contribution in [0, 0.1) is 0 Å². The van der Waals surface area contributed by atoms with Gasteiger partial charge in [-0.25, -0.2) is 5.06 Å². The van der Waals surface area contributed by atoms with Gasteiger partial charge in [0.25, 0.3) is 5.91 Å². The molecule has 1 aliphatic rings. The van der Waals surface area contributed by atoms with Crippen molar-refractivity contribution in [2.24, 2.45) is 0 Å². The lowest BCUT2D eigenvalue weighted by molar-refractivity contribution is -0.191. The van der Waals surface area contributed by atoms with Crippen LogP contribution in [0.1, 0.15) is 18.4 Å². The Morgan fingerprint density at radius 2 is 2.06 bits per heavy atom. The van der Waals surface area contributed by atoms with Gasteiger partial charge >= 0.3 is 0 Å². The third-order valence-electron chi connectivity index (χ3n) is 2.54. The van der Waals surface area contributed by atoms with Crippen molar-refractivity contribution in [3.63, 3.8) is 0 Å². The summed E-state index contributed by atoms with van der Waals surface area (Å²) in [5, 5.41) is 1.43. The molecule has 17 heavy (non-hydrogen) atoms. The van der Waals surface area contributed by atoms with E-state index in [0.29, 0.717) is 13.2 Å². The second kappa shape index (κ2) is 5.98. The van der Waals surface area contributed by atoms with Crippen LogP contribution in [0.4, 0.5) is 0 Å². The number of amides is 1. The molecule has 0 saturated carbocycles. The summed E-state index contributed by atoms with van der Waals surface area (Å²) in [7, 11) is 0. The van der Waals surface area contributed by atoms with Crippen molar-refractivity contribution < 1.29 is 9.63 Å². The van der Waals surface area contributed by atoms with E-state index in [4.69, 9.17) is 4.84 Å². The summed E-state index contributed by atoms with van der Waals surface area (Å²) < 4.78 is 1.03. The van der Waals surface area contributed by atoms with E-state index in [9.17, 15) is 4.79 Å². The first-order valence-electron chi connectivity index (χ1n) is 5.64. The fourth-order valence-electron chi connectivity index (χ4n) is 1.60. The Bertz CT molecular complexity index is 408. The molecule has 0 atom stereocenters. The molecule has 0 spiro atoms. The van der Waals surface area contributed by atoms with Crippen LogP contribution in [0.5, 0.6) is 0 Å². The molecule has 1 heterocycles. The van der Waals surface area contributed by atoms with Gasteiger partial charge in [-0.3, -0.25) is 9.63 Å². The molecule has 0 unspecified atom stereocenters. The van der Waals surface area contributed by atoms with E-state index >= 15 is 0 Å². The average Bonchev–Trinajstić information content (AvgIpc) is 2.39. The second-order valence-electron chi connectivity index (χ2n) is 3.87. The van der Waals surface area contributed by atoms with E-state index in [0.717, 1.165) is 22.9 Å². The normalized spacial score (nSPS) is 16.4. The zero-order chi connectivity index (χ0) is 12.1. The van der Waals surface area contributed by atoms with Crippen molar-refractivity contribution >= 4 is 27.9 Å². The van der Waals surface area contributed by atoms with Gasteiger partial charge in [0.15, 0.2) is 0 Å². The van der Waals surface area contributed by atoms with Gasteiger partial charge in [0.2, 0.25) is 0 Å². The molecule has 1 aromatic carbocycles. The van der Waals surface area contributed by atoms with Crippen molar-refractivity contribution in [1.29, 1.82) is 0 Å². The summed E-state index contributed by atoms with van der Waals surface area (Å²) in [5.41, 5.74) is 0.999. The topological polar surface area (TPSA) is 29.5 Å². The van der Waals surface area contributed by atoms with Crippen molar-refractivity contribution in [3.8, 4) is 0 Å². The molecular weight excluding hydrogens is 282 g/mol. The minimum atomic E-state index is -0.0902. The summed E-state index contributed by atoms with van der Waals surface area (Å²) in [5.74, 6) is -0.0902. The highest BCUT2D eigenvalue weighted by molar-refractivity contribution is 9.10. The fraction of sp³-hybridized carbons (Fsp3) is 0.308. The SMILES string of the molecule is O=C(/C=C/c1ccc(Br)cc1)N1CCCCO1. The molecular formula is C13H14BrNO2. The van der Waals surface area contributed by atoms with Gasteiger partial charge in [0, 0.05) is 17.1 Å². The maximum absolute atomic E-state index is 11.7.